The monoisotopic (exact) mass is 361 g/mol. The number of nitriles is 1. The maximum atomic E-state index is 12.5. The van der Waals surface area contributed by atoms with Crippen molar-refractivity contribution in [1.29, 1.82) is 5.26 Å². The quantitative estimate of drug-likeness (QED) is 0.736. The third-order valence-corrected chi connectivity index (χ3v) is 4.59. The third-order valence-electron chi connectivity index (χ3n) is 4.59. The molecule has 0 aromatic heterocycles. The summed E-state index contributed by atoms with van der Waals surface area (Å²) in [6, 6.07) is 7.90. The lowest BCUT2D eigenvalue weighted by molar-refractivity contribution is -0.146. The van der Waals surface area contributed by atoms with E-state index in [0.29, 0.717) is 24.0 Å². The number of fused-ring (bicyclic) bond motifs is 1. The molecule has 0 bridgehead atoms. The Hall–Kier alpha value is -1.86. The summed E-state index contributed by atoms with van der Waals surface area (Å²) in [6.07, 6.45) is 4.31. The van der Waals surface area contributed by atoms with Crippen LogP contribution >= 0.6 is 0 Å². The van der Waals surface area contributed by atoms with Crippen LogP contribution in [-0.4, -0.2) is 24.8 Å². The molecule has 1 N–H and O–H groups in total. The van der Waals surface area contributed by atoms with Gasteiger partial charge in [0, 0.05) is 7.11 Å². The number of carbonyl (C=O) groups is 1. The van der Waals surface area contributed by atoms with Gasteiger partial charge in [-0.25, -0.2) is 0 Å². The summed E-state index contributed by atoms with van der Waals surface area (Å²) in [7, 11) is 1.00. The highest BCUT2D eigenvalue weighted by Gasteiger charge is 2.39. The Morgan fingerprint density at radius 3 is 2.54 bits per heavy atom. The summed E-state index contributed by atoms with van der Waals surface area (Å²) in [6.45, 7) is 10.7. The molecule has 4 heteroatoms. The smallest absolute Gasteiger partial charge is 0.313 e. The standard InChI is InChI=1S/C19H25NO2.C2H6.CH4O/c1-4-6-13(3)9-16-11-15-8-7-14(12-20)10-17(15)18(16)19(21)22-5-2;2*1-2/h7-8,10,13,16,18H,4-6,9,11H2,1-3H3;1-2H3;2H,1H3/t13-,16?,18+;;/m1../s1. The van der Waals surface area contributed by atoms with Crippen LogP contribution in [0.2, 0.25) is 0 Å². The van der Waals surface area contributed by atoms with Crippen molar-refractivity contribution in [3.8, 4) is 6.07 Å². The zero-order valence-electron chi connectivity index (χ0n) is 17.2. The van der Waals surface area contributed by atoms with Gasteiger partial charge < -0.3 is 9.84 Å². The van der Waals surface area contributed by atoms with Crippen molar-refractivity contribution in [2.24, 2.45) is 11.8 Å². The largest absolute Gasteiger partial charge is 0.466 e. The SMILES string of the molecule is CC.CCC[C@@H](C)CC1Cc2ccc(C#N)cc2[C@H]1C(=O)OCC.CO. The number of aliphatic hydroxyl groups is 1. The second-order valence-corrected chi connectivity index (χ2v) is 6.35. The van der Waals surface area contributed by atoms with Crippen molar-refractivity contribution in [1.82, 2.24) is 0 Å². The molecule has 0 saturated carbocycles. The molecule has 0 aliphatic heterocycles. The average Bonchev–Trinajstić information content (AvgIpc) is 3.02. The molecule has 1 aliphatic carbocycles. The summed E-state index contributed by atoms with van der Waals surface area (Å²) in [4.78, 5) is 12.5. The van der Waals surface area contributed by atoms with Crippen LogP contribution in [0.1, 0.15) is 76.5 Å². The van der Waals surface area contributed by atoms with E-state index in [2.05, 4.69) is 19.9 Å². The van der Waals surface area contributed by atoms with Gasteiger partial charge in [0.2, 0.25) is 0 Å². The minimum absolute atomic E-state index is 0.134. The van der Waals surface area contributed by atoms with E-state index < -0.39 is 0 Å². The van der Waals surface area contributed by atoms with Gasteiger partial charge in [0.15, 0.2) is 0 Å². The summed E-state index contributed by atoms with van der Waals surface area (Å²) in [5.41, 5.74) is 2.83. The molecule has 0 radical (unpaired) electrons. The van der Waals surface area contributed by atoms with Crippen LogP contribution in [0.3, 0.4) is 0 Å². The zero-order valence-corrected chi connectivity index (χ0v) is 17.2. The second kappa shape index (κ2) is 13.4. The third kappa shape index (κ3) is 6.46. The molecular formula is C22H35NO3. The molecule has 2 rings (SSSR count). The maximum Gasteiger partial charge on any atom is 0.313 e. The van der Waals surface area contributed by atoms with Crippen molar-refractivity contribution in [3.05, 3.63) is 34.9 Å². The summed E-state index contributed by atoms with van der Waals surface area (Å²) >= 11 is 0. The van der Waals surface area contributed by atoms with E-state index in [-0.39, 0.29) is 11.9 Å². The Labute approximate surface area is 159 Å². The lowest BCUT2D eigenvalue weighted by atomic mass is 9.84. The van der Waals surface area contributed by atoms with Crippen molar-refractivity contribution < 1.29 is 14.6 Å². The van der Waals surface area contributed by atoms with Crippen molar-refractivity contribution in [2.75, 3.05) is 13.7 Å². The van der Waals surface area contributed by atoms with Crippen molar-refractivity contribution in [3.63, 3.8) is 0 Å². The fourth-order valence-electron chi connectivity index (χ4n) is 3.69. The van der Waals surface area contributed by atoms with Gasteiger partial charge in [0.25, 0.3) is 0 Å². The summed E-state index contributed by atoms with van der Waals surface area (Å²) in [5, 5.41) is 16.1. The maximum absolute atomic E-state index is 12.5. The molecule has 26 heavy (non-hydrogen) atoms. The highest BCUT2D eigenvalue weighted by molar-refractivity contribution is 5.80. The Balaban J connectivity index is 0.00000146. The van der Waals surface area contributed by atoms with Gasteiger partial charge in [0.05, 0.1) is 24.2 Å². The number of nitrogens with zero attached hydrogens (tertiary/aromatic N) is 1. The normalized spacial score (nSPS) is 18.2. The van der Waals surface area contributed by atoms with Gasteiger partial charge in [-0.2, -0.15) is 5.26 Å². The molecule has 1 aromatic carbocycles. The van der Waals surface area contributed by atoms with Gasteiger partial charge in [-0.3, -0.25) is 4.79 Å². The number of esters is 1. The molecule has 1 unspecified atom stereocenters. The first-order valence-corrected chi connectivity index (χ1v) is 9.74. The molecule has 1 aliphatic rings. The van der Waals surface area contributed by atoms with Crippen molar-refractivity contribution >= 4 is 5.97 Å². The minimum atomic E-state index is -0.206. The predicted molar refractivity (Wildman–Crippen MR) is 106 cm³/mol. The Morgan fingerprint density at radius 2 is 2.00 bits per heavy atom. The molecule has 4 nitrogen and oxygen atoms in total. The number of benzene rings is 1. The van der Waals surface area contributed by atoms with E-state index in [1.807, 2.05) is 39.0 Å². The fourth-order valence-corrected chi connectivity index (χ4v) is 3.69. The second-order valence-electron chi connectivity index (χ2n) is 6.35. The molecule has 0 amide bonds. The van der Waals surface area contributed by atoms with Gasteiger partial charge >= 0.3 is 5.97 Å². The fraction of sp³-hybridized carbons (Fsp3) is 0.636. The lowest BCUT2D eigenvalue weighted by Gasteiger charge is -2.22. The zero-order chi connectivity index (χ0) is 20.1. The Bertz CT molecular complexity index is 577. The van der Waals surface area contributed by atoms with E-state index in [0.717, 1.165) is 25.5 Å². The topological polar surface area (TPSA) is 70.3 Å². The lowest BCUT2D eigenvalue weighted by Crippen LogP contribution is -2.22. The molecule has 146 valence electrons. The first kappa shape index (κ1) is 24.1. The number of ether oxygens (including phenoxy) is 1. The predicted octanol–water partition coefficient (Wildman–Crippen LogP) is 4.84. The van der Waals surface area contributed by atoms with Crippen LogP contribution in [0, 0.1) is 23.2 Å². The van der Waals surface area contributed by atoms with Crippen LogP contribution in [-0.2, 0) is 16.0 Å². The van der Waals surface area contributed by atoms with Crippen LogP contribution in [0.4, 0.5) is 0 Å². The molecule has 0 saturated heterocycles. The van der Waals surface area contributed by atoms with Gasteiger partial charge in [-0.05, 0) is 54.9 Å². The first-order chi connectivity index (χ1) is 12.6. The highest BCUT2D eigenvalue weighted by atomic mass is 16.5. The van der Waals surface area contributed by atoms with Crippen LogP contribution in [0.25, 0.3) is 0 Å². The van der Waals surface area contributed by atoms with E-state index in [1.54, 1.807) is 0 Å². The van der Waals surface area contributed by atoms with Gasteiger partial charge in [-0.1, -0.05) is 46.6 Å². The van der Waals surface area contributed by atoms with E-state index in [9.17, 15) is 4.79 Å². The molecule has 3 atom stereocenters. The van der Waals surface area contributed by atoms with Gasteiger partial charge in [-0.15, -0.1) is 0 Å². The highest BCUT2D eigenvalue weighted by Crippen LogP contribution is 2.42. The molecular weight excluding hydrogens is 326 g/mol. The molecule has 0 fully saturated rings. The summed E-state index contributed by atoms with van der Waals surface area (Å²) in [5.74, 6) is 0.564. The van der Waals surface area contributed by atoms with E-state index >= 15 is 0 Å². The summed E-state index contributed by atoms with van der Waals surface area (Å²) < 4.78 is 5.31. The van der Waals surface area contributed by atoms with E-state index in [1.165, 1.54) is 18.4 Å². The molecule has 1 aromatic rings. The van der Waals surface area contributed by atoms with Gasteiger partial charge in [0.1, 0.15) is 0 Å². The first-order valence-electron chi connectivity index (χ1n) is 9.74. The minimum Gasteiger partial charge on any atom is -0.466 e. The average molecular weight is 362 g/mol. The van der Waals surface area contributed by atoms with Crippen LogP contribution < -0.4 is 0 Å². The molecule has 0 heterocycles. The number of aliphatic hydroxyl groups excluding tert-OH is 1. The number of hydrogen-bond donors (Lipinski definition) is 1. The number of rotatable bonds is 6. The number of hydrogen-bond acceptors (Lipinski definition) is 4. The molecule has 0 spiro atoms. The van der Waals surface area contributed by atoms with Crippen LogP contribution in [0.5, 0.6) is 0 Å². The Morgan fingerprint density at radius 1 is 1.35 bits per heavy atom. The Kier molecular flexibility index (Phi) is 12.4. The van der Waals surface area contributed by atoms with E-state index in [4.69, 9.17) is 15.1 Å². The number of carbonyl (C=O) groups excluding carboxylic acids is 1. The van der Waals surface area contributed by atoms with Crippen molar-refractivity contribution in [2.45, 2.75) is 66.2 Å². The van der Waals surface area contributed by atoms with Crippen LogP contribution in [0.15, 0.2) is 18.2 Å².